The minimum atomic E-state index is -0.502. The normalized spacial score (nSPS) is 11.6. The highest BCUT2D eigenvalue weighted by Crippen LogP contribution is 2.05. The van der Waals surface area contributed by atoms with Crippen LogP contribution in [0, 0.1) is 0 Å². The molecule has 0 aromatic carbocycles. The summed E-state index contributed by atoms with van der Waals surface area (Å²) >= 11 is 0. The summed E-state index contributed by atoms with van der Waals surface area (Å²) < 4.78 is 5.13. The van der Waals surface area contributed by atoms with E-state index in [0.29, 0.717) is 32.1 Å². The summed E-state index contributed by atoms with van der Waals surface area (Å²) in [5.74, 6) is 0.563. The van der Waals surface area contributed by atoms with Crippen molar-refractivity contribution in [2.45, 2.75) is 40.2 Å². The average Bonchev–Trinajstić information content (AvgIpc) is 2.37. The summed E-state index contributed by atoms with van der Waals surface area (Å²) in [4.78, 5) is 26.5. The Bertz CT molecular complexity index is 377. The number of guanidine groups is 1. The van der Waals surface area contributed by atoms with Crippen LogP contribution in [0.5, 0.6) is 0 Å². The molecule has 0 radical (unpaired) electrons. The first kappa shape index (κ1) is 20.0. The van der Waals surface area contributed by atoms with Crippen molar-refractivity contribution in [2.24, 2.45) is 4.99 Å². The molecule has 2 amide bonds. The fraction of sp³-hybridized carbons (Fsp3) is 0.786. The van der Waals surface area contributed by atoms with Gasteiger partial charge in [0.1, 0.15) is 5.60 Å². The van der Waals surface area contributed by atoms with Gasteiger partial charge in [-0.3, -0.25) is 9.79 Å². The highest BCUT2D eigenvalue weighted by Gasteiger charge is 2.15. The first-order chi connectivity index (χ1) is 10.2. The molecule has 0 aromatic heterocycles. The van der Waals surface area contributed by atoms with Gasteiger partial charge in [-0.2, -0.15) is 0 Å². The van der Waals surface area contributed by atoms with E-state index in [4.69, 9.17) is 4.74 Å². The predicted molar refractivity (Wildman–Crippen MR) is 86.9 cm³/mol. The third kappa shape index (κ3) is 13.0. The Morgan fingerprint density at radius 1 is 1.00 bits per heavy atom. The summed E-state index contributed by atoms with van der Waals surface area (Å²) in [6, 6.07) is 0. The molecule has 0 rings (SSSR count). The van der Waals surface area contributed by atoms with Crippen molar-refractivity contribution >= 4 is 18.0 Å². The van der Waals surface area contributed by atoms with Gasteiger partial charge in [0.25, 0.3) is 0 Å². The molecule has 0 saturated heterocycles. The van der Waals surface area contributed by atoms with Crippen molar-refractivity contribution in [1.82, 2.24) is 21.3 Å². The van der Waals surface area contributed by atoms with Gasteiger partial charge in [-0.1, -0.05) is 0 Å². The van der Waals surface area contributed by atoms with E-state index >= 15 is 0 Å². The topological polar surface area (TPSA) is 104 Å². The second kappa shape index (κ2) is 10.7. The zero-order valence-corrected chi connectivity index (χ0v) is 14.2. The van der Waals surface area contributed by atoms with Crippen LogP contribution in [0.3, 0.4) is 0 Å². The SMILES string of the molecule is CCNC(=NCCNC(C)=O)NCCNC(=O)OC(C)(C)C. The van der Waals surface area contributed by atoms with Crippen molar-refractivity contribution in [3.63, 3.8) is 0 Å². The number of ether oxygens (including phenoxy) is 1. The molecule has 0 aliphatic heterocycles. The summed E-state index contributed by atoms with van der Waals surface area (Å²) in [5, 5.41) is 11.5. The first-order valence-electron chi connectivity index (χ1n) is 7.48. The van der Waals surface area contributed by atoms with E-state index in [2.05, 4.69) is 26.3 Å². The lowest BCUT2D eigenvalue weighted by Gasteiger charge is -2.19. The molecule has 0 saturated carbocycles. The van der Waals surface area contributed by atoms with Crippen LogP contribution in [-0.4, -0.2) is 56.3 Å². The van der Waals surface area contributed by atoms with Crippen LogP contribution >= 0.6 is 0 Å². The number of nitrogens with one attached hydrogen (secondary N) is 4. The fourth-order valence-corrected chi connectivity index (χ4v) is 1.40. The second-order valence-electron chi connectivity index (χ2n) is 5.60. The fourth-order valence-electron chi connectivity index (χ4n) is 1.40. The monoisotopic (exact) mass is 315 g/mol. The molecule has 0 atom stereocenters. The molecular weight excluding hydrogens is 286 g/mol. The van der Waals surface area contributed by atoms with Gasteiger partial charge in [-0.05, 0) is 27.7 Å². The van der Waals surface area contributed by atoms with Gasteiger partial charge in [0.15, 0.2) is 5.96 Å². The third-order valence-corrected chi connectivity index (χ3v) is 2.19. The first-order valence-corrected chi connectivity index (χ1v) is 7.48. The molecule has 0 fully saturated rings. The molecule has 0 aliphatic rings. The highest BCUT2D eigenvalue weighted by atomic mass is 16.6. The Hall–Kier alpha value is -1.99. The number of aliphatic imine (C=N–C) groups is 1. The molecule has 0 spiro atoms. The average molecular weight is 315 g/mol. The standard InChI is InChI=1S/C14H29N5O3/c1-6-15-12(17-8-7-16-11(2)20)18-9-10-19-13(21)22-14(3,4)5/h6-10H2,1-5H3,(H,16,20)(H,19,21)(H2,15,17,18). The van der Waals surface area contributed by atoms with Gasteiger partial charge in [0, 0.05) is 33.1 Å². The van der Waals surface area contributed by atoms with E-state index in [9.17, 15) is 9.59 Å². The zero-order chi connectivity index (χ0) is 17.0. The number of amides is 2. The molecule has 8 heteroatoms. The van der Waals surface area contributed by atoms with Gasteiger partial charge < -0.3 is 26.0 Å². The molecule has 4 N–H and O–H groups in total. The van der Waals surface area contributed by atoms with Gasteiger partial charge in [-0.15, -0.1) is 0 Å². The Morgan fingerprint density at radius 3 is 2.18 bits per heavy atom. The summed E-state index contributed by atoms with van der Waals surface area (Å²) in [6.07, 6.45) is -0.443. The quantitative estimate of drug-likeness (QED) is 0.305. The number of alkyl carbamates (subject to hydrolysis) is 1. The molecule has 0 heterocycles. The van der Waals surface area contributed by atoms with Crippen LogP contribution in [0.25, 0.3) is 0 Å². The summed E-state index contributed by atoms with van der Waals surface area (Å²) in [5.41, 5.74) is -0.502. The lowest BCUT2D eigenvalue weighted by Crippen LogP contribution is -2.42. The van der Waals surface area contributed by atoms with Crippen molar-refractivity contribution < 1.29 is 14.3 Å². The van der Waals surface area contributed by atoms with Gasteiger partial charge >= 0.3 is 6.09 Å². The molecular formula is C14H29N5O3. The van der Waals surface area contributed by atoms with Crippen LogP contribution in [0.4, 0.5) is 4.79 Å². The van der Waals surface area contributed by atoms with Crippen molar-refractivity contribution in [2.75, 3.05) is 32.7 Å². The Morgan fingerprint density at radius 2 is 1.64 bits per heavy atom. The van der Waals surface area contributed by atoms with Crippen LogP contribution in [-0.2, 0) is 9.53 Å². The second-order valence-corrected chi connectivity index (χ2v) is 5.60. The maximum Gasteiger partial charge on any atom is 0.407 e. The van der Waals surface area contributed by atoms with Gasteiger partial charge in [0.2, 0.25) is 5.91 Å². The van der Waals surface area contributed by atoms with Gasteiger partial charge in [0.05, 0.1) is 6.54 Å². The Kier molecular flexibility index (Phi) is 9.73. The van der Waals surface area contributed by atoms with E-state index in [0.717, 1.165) is 6.54 Å². The highest BCUT2D eigenvalue weighted by molar-refractivity contribution is 5.79. The van der Waals surface area contributed by atoms with Crippen LogP contribution < -0.4 is 21.3 Å². The molecule has 128 valence electrons. The lowest BCUT2D eigenvalue weighted by molar-refractivity contribution is -0.118. The minimum Gasteiger partial charge on any atom is -0.444 e. The molecule has 0 aromatic rings. The third-order valence-electron chi connectivity index (χ3n) is 2.19. The summed E-state index contributed by atoms with van der Waals surface area (Å²) in [7, 11) is 0. The van der Waals surface area contributed by atoms with Crippen LogP contribution in [0.2, 0.25) is 0 Å². The molecule has 0 aliphatic carbocycles. The van der Waals surface area contributed by atoms with Crippen molar-refractivity contribution in [3.05, 3.63) is 0 Å². The predicted octanol–water partition coefficient (Wildman–Crippen LogP) is 0.202. The van der Waals surface area contributed by atoms with Crippen molar-refractivity contribution in [3.8, 4) is 0 Å². The summed E-state index contributed by atoms with van der Waals surface area (Å²) in [6.45, 7) is 11.5. The zero-order valence-electron chi connectivity index (χ0n) is 14.2. The van der Waals surface area contributed by atoms with Crippen LogP contribution in [0.15, 0.2) is 4.99 Å². The maximum atomic E-state index is 11.5. The van der Waals surface area contributed by atoms with Crippen LogP contribution in [0.1, 0.15) is 34.6 Å². The number of rotatable bonds is 7. The number of carbonyl (C=O) groups is 2. The lowest BCUT2D eigenvalue weighted by atomic mass is 10.2. The Balaban J connectivity index is 3.97. The largest absolute Gasteiger partial charge is 0.444 e. The maximum absolute atomic E-state index is 11.5. The number of nitrogens with zero attached hydrogens (tertiary/aromatic N) is 1. The number of hydrogen-bond acceptors (Lipinski definition) is 4. The van der Waals surface area contributed by atoms with E-state index in [-0.39, 0.29) is 5.91 Å². The minimum absolute atomic E-state index is 0.0743. The van der Waals surface area contributed by atoms with Gasteiger partial charge in [-0.25, -0.2) is 4.79 Å². The van der Waals surface area contributed by atoms with E-state index in [1.165, 1.54) is 6.92 Å². The molecule has 8 nitrogen and oxygen atoms in total. The molecule has 0 unspecified atom stereocenters. The van der Waals surface area contributed by atoms with Crippen molar-refractivity contribution in [1.29, 1.82) is 0 Å². The smallest absolute Gasteiger partial charge is 0.407 e. The molecule has 22 heavy (non-hydrogen) atoms. The molecule has 0 bridgehead atoms. The number of carbonyl (C=O) groups excluding carboxylic acids is 2. The number of hydrogen-bond donors (Lipinski definition) is 4. The van der Waals surface area contributed by atoms with E-state index in [1.807, 2.05) is 27.7 Å². The van der Waals surface area contributed by atoms with E-state index < -0.39 is 11.7 Å². The Labute approximate surface area is 132 Å². The van der Waals surface area contributed by atoms with E-state index in [1.54, 1.807) is 0 Å².